The topological polar surface area (TPSA) is 207 Å². The van der Waals surface area contributed by atoms with Crippen LogP contribution >= 0.6 is 0 Å². The van der Waals surface area contributed by atoms with E-state index in [0.717, 1.165) is 116 Å². The molecule has 0 saturated carbocycles. The van der Waals surface area contributed by atoms with Crippen LogP contribution in [-0.4, -0.2) is 163 Å². The van der Waals surface area contributed by atoms with Gasteiger partial charge in [-0.05, 0) is 64.5 Å². The maximum atomic E-state index is 13.8. The number of hydrogen-bond donors (Lipinski definition) is 2. The molecule has 0 aromatic carbocycles. The van der Waals surface area contributed by atoms with Crippen molar-refractivity contribution in [2.45, 2.75) is 232 Å². The van der Waals surface area contributed by atoms with Gasteiger partial charge >= 0.3 is 36.1 Å². The zero-order chi connectivity index (χ0) is 54.8. The molecule has 2 aliphatic heterocycles. The first-order valence-electron chi connectivity index (χ1n) is 30.4. The highest BCUT2D eigenvalue weighted by Crippen LogP contribution is 2.16. The van der Waals surface area contributed by atoms with Gasteiger partial charge in [-0.2, -0.15) is 0 Å². The number of morpholine rings is 2. The van der Waals surface area contributed by atoms with Gasteiger partial charge in [-0.15, -0.1) is 0 Å². The molecule has 2 rings (SSSR count). The summed E-state index contributed by atoms with van der Waals surface area (Å²) in [5.41, 5.74) is 0. The molecule has 2 aliphatic rings. The zero-order valence-electron chi connectivity index (χ0n) is 47.7. The third kappa shape index (κ3) is 39.6. The van der Waals surface area contributed by atoms with E-state index >= 15 is 0 Å². The van der Waals surface area contributed by atoms with E-state index in [0.29, 0.717) is 91.0 Å². The van der Waals surface area contributed by atoms with Gasteiger partial charge in [-0.3, -0.25) is 19.4 Å². The number of nitrogens with zero attached hydrogens (tertiary/aromatic N) is 2. The van der Waals surface area contributed by atoms with E-state index in [2.05, 4.69) is 34.3 Å². The average molecular weight is 1080 g/mol. The predicted octanol–water partition coefficient (Wildman–Crippen LogP) is 10.5. The molecular formula is C58H106N4O14. The maximum absolute atomic E-state index is 13.8. The molecule has 0 radical (unpaired) electrons. The molecule has 2 atom stereocenters. The summed E-state index contributed by atoms with van der Waals surface area (Å²) in [5.74, 6) is -2.39. The molecule has 0 aromatic heterocycles. The minimum Gasteiger partial charge on any atom is -0.466 e. The van der Waals surface area contributed by atoms with Crippen molar-refractivity contribution in [3.05, 3.63) is 0 Å². The highest BCUT2D eigenvalue weighted by molar-refractivity contribution is 5.89. The van der Waals surface area contributed by atoms with E-state index in [-0.39, 0.29) is 38.2 Å². The van der Waals surface area contributed by atoms with Crippen molar-refractivity contribution < 1.29 is 66.7 Å². The second-order valence-electron chi connectivity index (χ2n) is 20.6. The van der Waals surface area contributed by atoms with E-state index in [4.69, 9.17) is 37.9 Å². The van der Waals surface area contributed by atoms with Crippen LogP contribution in [-0.2, 0) is 57.1 Å². The molecule has 2 unspecified atom stereocenters. The molecule has 2 heterocycles. The second kappa shape index (κ2) is 49.5. The monoisotopic (exact) mass is 1080 g/mol. The minimum absolute atomic E-state index is 0.0262. The Balaban J connectivity index is 1.87. The number of amides is 2. The van der Waals surface area contributed by atoms with Gasteiger partial charge in [0, 0.05) is 52.1 Å². The lowest BCUT2D eigenvalue weighted by Gasteiger charge is -2.27. The van der Waals surface area contributed by atoms with Crippen LogP contribution in [0.5, 0.6) is 0 Å². The Morgan fingerprint density at radius 2 is 0.671 bits per heavy atom. The Morgan fingerprint density at radius 3 is 1.00 bits per heavy atom. The van der Waals surface area contributed by atoms with Gasteiger partial charge in [-0.1, -0.05) is 155 Å². The number of alkyl carbamates (subject to hydrolysis) is 2. The zero-order valence-corrected chi connectivity index (χ0v) is 47.7. The van der Waals surface area contributed by atoms with Crippen molar-refractivity contribution in [3.63, 3.8) is 0 Å². The number of ether oxygens (including phenoxy) is 8. The summed E-state index contributed by atoms with van der Waals surface area (Å²) < 4.78 is 44.1. The summed E-state index contributed by atoms with van der Waals surface area (Å²) in [6.45, 7) is 12.8. The summed E-state index contributed by atoms with van der Waals surface area (Å²) in [6.07, 6.45) is 24.9. The van der Waals surface area contributed by atoms with Crippen molar-refractivity contribution in [1.29, 1.82) is 0 Å². The molecule has 0 bridgehead atoms. The minimum atomic E-state index is -1.95. The van der Waals surface area contributed by atoms with Crippen molar-refractivity contribution in [3.8, 4) is 0 Å². The van der Waals surface area contributed by atoms with Crippen LogP contribution in [0, 0.1) is 0 Å². The smallest absolute Gasteiger partial charge is 0.408 e. The van der Waals surface area contributed by atoms with Crippen LogP contribution in [0.15, 0.2) is 0 Å². The average Bonchev–Trinajstić information content (AvgIpc) is 3.42. The number of carbonyl (C=O) groups is 6. The van der Waals surface area contributed by atoms with Crippen molar-refractivity contribution in [2.75, 3.05) is 105 Å². The van der Waals surface area contributed by atoms with Crippen molar-refractivity contribution in [1.82, 2.24) is 20.4 Å². The molecule has 2 saturated heterocycles. The quantitative estimate of drug-likeness (QED) is 0.0330. The molecule has 2 fully saturated rings. The van der Waals surface area contributed by atoms with Gasteiger partial charge in [0.1, 0.15) is 0 Å². The van der Waals surface area contributed by atoms with Gasteiger partial charge in [-0.25, -0.2) is 19.2 Å². The number of nitrogens with one attached hydrogen (secondary N) is 2. The second-order valence-corrected chi connectivity index (χ2v) is 20.6. The van der Waals surface area contributed by atoms with Crippen LogP contribution in [0.2, 0.25) is 0 Å². The first-order chi connectivity index (χ1) is 37.2. The number of hydrogen-bond acceptors (Lipinski definition) is 16. The highest BCUT2D eigenvalue weighted by atomic mass is 16.6. The number of esters is 4. The molecule has 76 heavy (non-hydrogen) atoms. The summed E-state index contributed by atoms with van der Waals surface area (Å²) in [7, 11) is 0. The summed E-state index contributed by atoms with van der Waals surface area (Å²) in [5, 5.41) is 5.32. The van der Waals surface area contributed by atoms with Gasteiger partial charge in [0.15, 0.2) is 0 Å². The predicted molar refractivity (Wildman–Crippen MR) is 294 cm³/mol. The lowest BCUT2D eigenvalue weighted by molar-refractivity contribution is -0.173. The molecule has 0 spiro atoms. The molecule has 0 aliphatic carbocycles. The van der Waals surface area contributed by atoms with E-state index < -0.39 is 36.3 Å². The van der Waals surface area contributed by atoms with E-state index in [1.54, 1.807) is 0 Å². The molecule has 2 amide bonds. The first-order valence-corrected chi connectivity index (χ1v) is 30.4. The third-order valence-electron chi connectivity index (χ3n) is 13.8. The largest absolute Gasteiger partial charge is 0.466 e. The first kappa shape index (κ1) is 68.4. The van der Waals surface area contributed by atoms with E-state index in [9.17, 15) is 28.8 Å². The molecule has 442 valence electrons. The van der Waals surface area contributed by atoms with E-state index in [1.807, 2.05) is 0 Å². The van der Waals surface area contributed by atoms with Crippen LogP contribution in [0.4, 0.5) is 9.59 Å². The molecular weight excluding hydrogens is 977 g/mol. The molecule has 18 heteroatoms. The fourth-order valence-corrected chi connectivity index (χ4v) is 9.07. The Morgan fingerprint density at radius 1 is 0.382 bits per heavy atom. The number of rotatable bonds is 49. The van der Waals surface area contributed by atoms with Crippen LogP contribution in [0.1, 0.15) is 219 Å². The standard InChI is InChI=1S/C58H106N4O14/c1-3-5-7-9-11-13-15-19-25-33-51(63)71-43-27-21-17-23-29-45-73-55(65)53(75-57(67)59-35-31-37-61-39-47-69-48-40-61)54(76-58(68)60-36-32-38-62-41-49-70-50-42-62)56(66)74-46-30-24-18-22-28-44-72-52(64)34-26-20-16-14-12-10-8-6-4-2/h53-54H,3-50H2,1-2H3,(H,59,67)(H,60,68). The number of carbonyl (C=O) groups excluding carboxylic acids is 6. The Hall–Kier alpha value is -3.74. The van der Waals surface area contributed by atoms with Gasteiger partial charge in [0.05, 0.1) is 52.9 Å². The summed E-state index contributed by atoms with van der Waals surface area (Å²) >= 11 is 0. The normalized spacial score (nSPS) is 14.8. The Bertz CT molecular complexity index is 1360. The molecule has 2 N–H and O–H groups in total. The third-order valence-corrected chi connectivity index (χ3v) is 13.8. The number of unbranched alkanes of at least 4 members (excludes halogenated alkanes) is 24. The van der Waals surface area contributed by atoms with Gasteiger partial charge in [0.25, 0.3) is 0 Å². The van der Waals surface area contributed by atoms with Crippen LogP contribution in [0.3, 0.4) is 0 Å². The fourth-order valence-electron chi connectivity index (χ4n) is 9.07. The Kier molecular flexibility index (Phi) is 44.6. The van der Waals surface area contributed by atoms with Crippen LogP contribution < -0.4 is 10.6 Å². The highest BCUT2D eigenvalue weighted by Gasteiger charge is 2.43. The molecule has 0 aromatic rings. The lowest BCUT2D eigenvalue weighted by Crippen LogP contribution is -2.50. The van der Waals surface area contributed by atoms with Gasteiger partial charge in [0.2, 0.25) is 12.2 Å². The lowest BCUT2D eigenvalue weighted by atomic mass is 10.1. The van der Waals surface area contributed by atoms with Crippen molar-refractivity contribution in [2.24, 2.45) is 0 Å². The van der Waals surface area contributed by atoms with E-state index in [1.165, 1.54) is 77.0 Å². The molecule has 18 nitrogen and oxygen atoms in total. The van der Waals surface area contributed by atoms with Gasteiger partial charge < -0.3 is 48.5 Å². The maximum Gasteiger partial charge on any atom is 0.408 e. The SMILES string of the molecule is CCCCCCCCCCCC(=O)OCCCCCCCOC(=O)C(OC(=O)NCCCN1CCOCC1)C(OC(=O)NCCCN1CCOCC1)C(=O)OCCCCCCCOC(=O)CCCCCCCCCCC. The Labute approximate surface area is 458 Å². The fraction of sp³-hybridized carbons (Fsp3) is 0.897. The van der Waals surface area contributed by atoms with Crippen molar-refractivity contribution >= 4 is 36.1 Å². The van der Waals surface area contributed by atoms with Crippen LogP contribution in [0.25, 0.3) is 0 Å². The summed E-state index contributed by atoms with van der Waals surface area (Å²) in [6, 6.07) is 0. The summed E-state index contributed by atoms with van der Waals surface area (Å²) in [4.78, 5) is 83.0.